The first-order valence-corrected chi connectivity index (χ1v) is 8.87. The van der Waals surface area contributed by atoms with Gasteiger partial charge in [0.05, 0.1) is 5.54 Å². The maximum atomic E-state index is 12.6. The molecule has 0 fully saturated rings. The van der Waals surface area contributed by atoms with E-state index >= 15 is 0 Å². The molecule has 1 aromatic carbocycles. The van der Waals surface area contributed by atoms with Crippen LogP contribution >= 0.6 is 0 Å². The minimum atomic E-state index is -0.462. The number of hydrogen-bond donors (Lipinski definition) is 1. The molecule has 1 N–H and O–H groups in total. The predicted octanol–water partition coefficient (Wildman–Crippen LogP) is 4.55. The highest BCUT2D eigenvalue weighted by atomic mass is 16.2. The van der Waals surface area contributed by atoms with Gasteiger partial charge >= 0.3 is 0 Å². The van der Waals surface area contributed by atoms with Gasteiger partial charge in [0.25, 0.3) is 5.91 Å². The van der Waals surface area contributed by atoms with Crippen molar-refractivity contribution in [2.45, 2.75) is 79.2 Å². The number of benzene rings is 1. The van der Waals surface area contributed by atoms with Crippen molar-refractivity contribution in [1.82, 2.24) is 10.4 Å². The quantitative estimate of drug-likeness (QED) is 0.614. The second-order valence-corrected chi connectivity index (χ2v) is 7.53. The van der Waals surface area contributed by atoms with Crippen LogP contribution in [-0.4, -0.2) is 22.4 Å². The van der Waals surface area contributed by atoms with Gasteiger partial charge in [-0.1, -0.05) is 43.4 Å². The van der Waals surface area contributed by atoms with Gasteiger partial charge in [0.1, 0.15) is 0 Å². The van der Waals surface area contributed by atoms with Gasteiger partial charge in [0.2, 0.25) is 5.91 Å². The third kappa shape index (κ3) is 6.34. The fourth-order valence-corrected chi connectivity index (χ4v) is 2.69. The van der Waals surface area contributed by atoms with Gasteiger partial charge in [-0.15, -0.1) is 0 Å². The van der Waals surface area contributed by atoms with Crippen molar-refractivity contribution < 1.29 is 9.59 Å². The monoisotopic (exact) mass is 332 g/mol. The molecule has 0 saturated heterocycles. The van der Waals surface area contributed by atoms with Crippen LogP contribution in [0.4, 0.5) is 0 Å². The standard InChI is InChI=1S/C20H32N2O2/c1-7-8-9-10-11-18(23)22(20(4,5)6)21-19(24)17-13-15(2)12-16(3)14-17/h12-14H,7-11H2,1-6H3,(H,21,24). The third-order valence-corrected chi connectivity index (χ3v) is 3.86. The molecular weight excluding hydrogens is 300 g/mol. The summed E-state index contributed by atoms with van der Waals surface area (Å²) in [5.74, 6) is -0.269. The van der Waals surface area contributed by atoms with E-state index in [-0.39, 0.29) is 11.8 Å². The van der Waals surface area contributed by atoms with Gasteiger partial charge in [-0.25, -0.2) is 5.01 Å². The summed E-state index contributed by atoms with van der Waals surface area (Å²) in [5, 5.41) is 1.49. The van der Waals surface area contributed by atoms with Gasteiger partial charge in [-0.3, -0.25) is 15.0 Å². The zero-order chi connectivity index (χ0) is 18.3. The van der Waals surface area contributed by atoms with Crippen LogP contribution in [0, 0.1) is 13.8 Å². The topological polar surface area (TPSA) is 49.4 Å². The van der Waals surface area contributed by atoms with Crippen molar-refractivity contribution in [3.8, 4) is 0 Å². The minimum Gasteiger partial charge on any atom is -0.273 e. The van der Waals surface area contributed by atoms with E-state index in [0.29, 0.717) is 12.0 Å². The first kappa shape index (κ1) is 20.2. The first-order chi connectivity index (χ1) is 11.1. The van der Waals surface area contributed by atoms with Crippen LogP contribution in [0.25, 0.3) is 0 Å². The maximum Gasteiger partial charge on any atom is 0.269 e. The number of amides is 2. The summed E-state index contributed by atoms with van der Waals surface area (Å²) < 4.78 is 0. The average Bonchev–Trinajstić information content (AvgIpc) is 2.46. The Bertz CT molecular complexity index is 553. The highest BCUT2D eigenvalue weighted by molar-refractivity contribution is 5.95. The lowest BCUT2D eigenvalue weighted by atomic mass is 10.1. The molecule has 0 atom stereocenters. The predicted molar refractivity (Wildman–Crippen MR) is 98.7 cm³/mol. The molecule has 24 heavy (non-hydrogen) atoms. The molecule has 0 aromatic heterocycles. The number of carbonyl (C=O) groups excluding carboxylic acids is 2. The Balaban J connectivity index is 2.82. The maximum absolute atomic E-state index is 12.6. The van der Waals surface area contributed by atoms with Crippen LogP contribution in [0.2, 0.25) is 0 Å². The van der Waals surface area contributed by atoms with Gasteiger partial charge in [-0.05, 0) is 53.2 Å². The van der Waals surface area contributed by atoms with Crippen LogP contribution in [0.1, 0.15) is 81.3 Å². The Morgan fingerprint density at radius 1 is 1.00 bits per heavy atom. The Hall–Kier alpha value is -1.84. The normalized spacial score (nSPS) is 11.2. The molecule has 0 heterocycles. The molecule has 4 heteroatoms. The van der Waals surface area contributed by atoms with Crippen LogP contribution < -0.4 is 5.43 Å². The smallest absolute Gasteiger partial charge is 0.269 e. The van der Waals surface area contributed by atoms with E-state index in [1.807, 2.05) is 52.8 Å². The summed E-state index contributed by atoms with van der Waals surface area (Å²) in [4.78, 5) is 25.1. The number of carbonyl (C=O) groups is 2. The highest BCUT2D eigenvalue weighted by Gasteiger charge is 2.28. The molecule has 1 aromatic rings. The second kappa shape index (κ2) is 8.86. The van der Waals surface area contributed by atoms with Gasteiger partial charge in [0, 0.05) is 12.0 Å². The lowest BCUT2D eigenvalue weighted by Crippen LogP contribution is -2.55. The minimum absolute atomic E-state index is 0.0312. The van der Waals surface area contributed by atoms with Crippen molar-refractivity contribution in [3.63, 3.8) is 0 Å². The fraction of sp³-hybridized carbons (Fsp3) is 0.600. The van der Waals surface area contributed by atoms with Crippen LogP contribution in [-0.2, 0) is 4.79 Å². The Morgan fingerprint density at radius 2 is 1.58 bits per heavy atom. The number of rotatable bonds is 6. The molecule has 0 aliphatic carbocycles. The van der Waals surface area contributed by atoms with E-state index in [9.17, 15) is 9.59 Å². The molecule has 0 radical (unpaired) electrons. The first-order valence-electron chi connectivity index (χ1n) is 8.87. The molecule has 0 aliphatic rings. The van der Waals surface area contributed by atoms with Crippen molar-refractivity contribution in [2.24, 2.45) is 0 Å². The number of hydrazine groups is 1. The molecule has 0 unspecified atom stereocenters. The molecule has 2 amide bonds. The summed E-state index contributed by atoms with van der Waals surface area (Å²) in [6.07, 6.45) is 4.65. The molecule has 134 valence electrons. The van der Waals surface area contributed by atoms with E-state index in [0.717, 1.165) is 36.8 Å². The molecular formula is C20H32N2O2. The lowest BCUT2D eigenvalue weighted by molar-refractivity contribution is -0.139. The van der Waals surface area contributed by atoms with Crippen molar-refractivity contribution in [2.75, 3.05) is 0 Å². The van der Waals surface area contributed by atoms with E-state index in [1.54, 1.807) is 0 Å². The molecule has 1 rings (SSSR count). The number of aryl methyl sites for hydroxylation is 2. The summed E-state index contributed by atoms with van der Waals surface area (Å²) in [5.41, 5.74) is 5.01. The molecule has 0 saturated carbocycles. The summed E-state index contributed by atoms with van der Waals surface area (Å²) in [6, 6.07) is 5.71. The second-order valence-electron chi connectivity index (χ2n) is 7.53. The number of nitrogens with one attached hydrogen (secondary N) is 1. The average molecular weight is 332 g/mol. The van der Waals surface area contributed by atoms with Gasteiger partial charge in [-0.2, -0.15) is 0 Å². The molecule has 0 spiro atoms. The largest absolute Gasteiger partial charge is 0.273 e. The summed E-state index contributed by atoms with van der Waals surface area (Å²) in [6.45, 7) is 11.9. The number of unbranched alkanes of at least 4 members (excludes halogenated alkanes) is 3. The van der Waals surface area contributed by atoms with Gasteiger partial charge in [0.15, 0.2) is 0 Å². The van der Waals surface area contributed by atoms with Crippen molar-refractivity contribution >= 4 is 11.8 Å². The van der Waals surface area contributed by atoms with E-state index < -0.39 is 5.54 Å². The van der Waals surface area contributed by atoms with Crippen LogP contribution in [0.3, 0.4) is 0 Å². The Labute approximate surface area is 146 Å². The Kier molecular flexibility index (Phi) is 7.46. The van der Waals surface area contributed by atoms with E-state index in [4.69, 9.17) is 0 Å². The van der Waals surface area contributed by atoms with E-state index in [1.165, 1.54) is 5.01 Å². The molecule has 0 aliphatic heterocycles. The van der Waals surface area contributed by atoms with Crippen molar-refractivity contribution in [1.29, 1.82) is 0 Å². The zero-order valence-electron chi connectivity index (χ0n) is 16.0. The SMILES string of the molecule is CCCCCCC(=O)N(NC(=O)c1cc(C)cc(C)c1)C(C)(C)C. The van der Waals surface area contributed by atoms with Crippen LogP contribution in [0.15, 0.2) is 18.2 Å². The molecule has 4 nitrogen and oxygen atoms in total. The zero-order valence-corrected chi connectivity index (χ0v) is 16.0. The van der Waals surface area contributed by atoms with E-state index in [2.05, 4.69) is 12.3 Å². The third-order valence-electron chi connectivity index (χ3n) is 3.86. The fourth-order valence-electron chi connectivity index (χ4n) is 2.69. The van der Waals surface area contributed by atoms with Crippen molar-refractivity contribution in [3.05, 3.63) is 34.9 Å². The number of hydrogen-bond acceptors (Lipinski definition) is 2. The number of nitrogens with zero attached hydrogens (tertiary/aromatic N) is 1. The lowest BCUT2D eigenvalue weighted by Gasteiger charge is -2.35. The molecule has 0 bridgehead atoms. The van der Waals surface area contributed by atoms with Crippen LogP contribution in [0.5, 0.6) is 0 Å². The van der Waals surface area contributed by atoms with Gasteiger partial charge < -0.3 is 0 Å². The summed E-state index contributed by atoms with van der Waals surface area (Å²) in [7, 11) is 0. The Morgan fingerprint density at radius 3 is 2.08 bits per heavy atom. The summed E-state index contributed by atoms with van der Waals surface area (Å²) >= 11 is 0. The highest BCUT2D eigenvalue weighted by Crippen LogP contribution is 2.16.